The average Bonchev–Trinajstić information content (AvgIpc) is 3.72. The van der Waals surface area contributed by atoms with Gasteiger partial charge >= 0.3 is 0 Å². The summed E-state index contributed by atoms with van der Waals surface area (Å²) in [6.07, 6.45) is 15.6. The van der Waals surface area contributed by atoms with Crippen molar-refractivity contribution in [3.05, 3.63) is 41.5 Å². The van der Waals surface area contributed by atoms with Crippen LogP contribution in [-0.2, 0) is 4.79 Å². The maximum Gasteiger partial charge on any atom is 0.159 e. The van der Waals surface area contributed by atoms with Crippen LogP contribution in [-0.4, -0.2) is 84.8 Å². The van der Waals surface area contributed by atoms with Gasteiger partial charge < -0.3 is 30.3 Å². The van der Waals surface area contributed by atoms with Gasteiger partial charge in [-0.3, -0.25) is 4.79 Å². The highest BCUT2D eigenvalue weighted by Crippen LogP contribution is 2.70. The summed E-state index contributed by atoms with van der Waals surface area (Å²) in [6.45, 7) is 11.9. The number of ketones is 1. The number of rotatable bonds is 3. The van der Waals surface area contributed by atoms with Crippen LogP contribution in [0.15, 0.2) is 41.5 Å². The monoisotopic (exact) mass is 755 g/mol. The summed E-state index contributed by atoms with van der Waals surface area (Å²) in [6, 6.07) is 0.240. The van der Waals surface area contributed by atoms with Crippen molar-refractivity contribution < 1.29 is 25.2 Å². The van der Waals surface area contributed by atoms with Crippen molar-refractivity contribution in [2.75, 3.05) is 25.1 Å². The highest BCUT2D eigenvalue weighted by Gasteiger charge is 2.71. The number of nitrogens with one attached hydrogen (secondary N) is 1. The standard InChI is InChI=1S/C42H65N3O5S2/c1-25-31-16-27(22-51-52-23-28(45-15-14-44-24-45)19-39(2,3)32(17-34(25)46)26-10-8-7-9-11-26)42(50)33-18-35(47)37-29(21-43-6)38(49)36(48)20-40(37,4)30(33)12-13-41(31,42)5/h14-15,18,24-25,27-31,34,36-38,43,46,48-50H,7-13,16-17,19-23H2,1-6H3/t25-,27+,28-,29-,30-,31+,34+,36-,37-,38+,40+,41+,42+/m0/s1. The molecule has 1 aromatic rings. The molecule has 0 radical (unpaired) electrons. The molecule has 6 aliphatic rings. The van der Waals surface area contributed by atoms with Crippen molar-refractivity contribution in [2.45, 2.75) is 135 Å². The Hall–Kier alpha value is -1.14. The van der Waals surface area contributed by atoms with E-state index < -0.39 is 46.6 Å². The van der Waals surface area contributed by atoms with Gasteiger partial charge in [-0.15, -0.1) is 0 Å². The molecule has 4 saturated carbocycles. The van der Waals surface area contributed by atoms with E-state index >= 15 is 0 Å². The normalized spacial score (nSPS) is 45.7. The SMILES string of the molecule is CNC[C@@H]1[C@@H](O)[C@@H](O)C[C@@]2(C)[C@@H]1C(=O)C=C1[C@@H]2CC[C@]2(C)[C@@H]3C[C@H](CSSC[C@@H](n4ccnc4)CC(C)(C)C(=C4CCCCC4)C[C@@H](O)[C@H]3C)[C@@]12O. The van der Waals surface area contributed by atoms with Gasteiger partial charge in [-0.05, 0) is 111 Å². The Balaban J connectivity index is 1.29. The number of imidazole rings is 1. The van der Waals surface area contributed by atoms with Crippen LogP contribution in [0.3, 0.4) is 0 Å². The number of aromatic nitrogens is 2. The fourth-order valence-corrected chi connectivity index (χ4v) is 15.7. The molecule has 13 atom stereocenters. The van der Waals surface area contributed by atoms with Crippen molar-refractivity contribution in [3.63, 3.8) is 0 Å². The van der Waals surface area contributed by atoms with E-state index in [1.165, 1.54) is 24.8 Å². The van der Waals surface area contributed by atoms with Crippen LogP contribution in [0.5, 0.6) is 0 Å². The summed E-state index contributed by atoms with van der Waals surface area (Å²) >= 11 is 0. The minimum absolute atomic E-state index is 0.0185. The Morgan fingerprint density at radius 3 is 2.44 bits per heavy atom. The first-order chi connectivity index (χ1) is 24.7. The molecule has 2 heterocycles. The Bertz CT molecular complexity index is 1520. The van der Waals surface area contributed by atoms with Gasteiger partial charge in [0.05, 0.1) is 30.2 Å². The fraction of sp³-hybridized carbons (Fsp3) is 0.810. The smallest absolute Gasteiger partial charge is 0.159 e. The second-order valence-electron chi connectivity index (χ2n) is 18.9. The van der Waals surface area contributed by atoms with E-state index in [2.05, 4.69) is 55.7 Å². The van der Waals surface area contributed by atoms with Crippen molar-refractivity contribution in [3.8, 4) is 0 Å². The van der Waals surface area contributed by atoms with Crippen molar-refractivity contribution in [1.82, 2.24) is 14.9 Å². The molecule has 1 aromatic heterocycles. The molecule has 7 rings (SSSR count). The molecule has 2 bridgehead atoms. The Morgan fingerprint density at radius 2 is 1.75 bits per heavy atom. The van der Waals surface area contributed by atoms with Gasteiger partial charge in [0.25, 0.3) is 0 Å². The third kappa shape index (κ3) is 6.34. The highest BCUT2D eigenvalue weighted by atomic mass is 33.1. The van der Waals surface area contributed by atoms with E-state index in [-0.39, 0.29) is 40.9 Å². The first-order valence-corrected chi connectivity index (χ1v) is 22.8. The van der Waals surface area contributed by atoms with Crippen LogP contribution in [0, 0.1) is 51.8 Å². The van der Waals surface area contributed by atoms with E-state index in [4.69, 9.17) is 0 Å². The zero-order chi connectivity index (χ0) is 37.2. The van der Waals surface area contributed by atoms with Gasteiger partial charge in [-0.25, -0.2) is 4.98 Å². The number of carbonyl (C=O) groups is 1. The van der Waals surface area contributed by atoms with Crippen LogP contribution >= 0.6 is 21.6 Å². The largest absolute Gasteiger partial charge is 0.393 e. The molecular formula is C42H65N3O5S2. The lowest BCUT2D eigenvalue weighted by Crippen LogP contribution is -2.65. The van der Waals surface area contributed by atoms with E-state index in [9.17, 15) is 25.2 Å². The van der Waals surface area contributed by atoms with Crippen LogP contribution in [0.4, 0.5) is 0 Å². The maximum absolute atomic E-state index is 14.4. The molecule has 5 fully saturated rings. The lowest BCUT2D eigenvalue weighted by Gasteiger charge is -2.62. The predicted octanol–water partition coefficient (Wildman–Crippen LogP) is 6.76. The molecule has 0 aromatic carbocycles. The van der Waals surface area contributed by atoms with Gasteiger partial charge in [0.2, 0.25) is 0 Å². The van der Waals surface area contributed by atoms with Crippen molar-refractivity contribution in [2.24, 2.45) is 51.8 Å². The van der Waals surface area contributed by atoms with Crippen LogP contribution < -0.4 is 5.32 Å². The van der Waals surface area contributed by atoms with E-state index in [0.29, 0.717) is 19.4 Å². The third-order valence-corrected chi connectivity index (χ3v) is 18.3. The number of nitrogens with zero attached hydrogens (tertiary/aromatic N) is 2. The van der Waals surface area contributed by atoms with E-state index in [1.54, 1.807) is 11.6 Å². The number of aliphatic hydroxyl groups is 4. The highest BCUT2D eigenvalue weighted by molar-refractivity contribution is 8.76. The molecule has 10 heteroatoms. The predicted molar refractivity (Wildman–Crippen MR) is 211 cm³/mol. The number of hydrogen-bond donors (Lipinski definition) is 5. The van der Waals surface area contributed by atoms with Gasteiger partial charge in [0.15, 0.2) is 5.78 Å². The van der Waals surface area contributed by atoms with Gasteiger partial charge in [-0.2, -0.15) is 0 Å². The number of allylic oxidation sites excluding steroid dienone is 2. The molecule has 0 amide bonds. The summed E-state index contributed by atoms with van der Waals surface area (Å²) in [5.74, 6) is 0.749. The molecule has 8 nitrogen and oxygen atoms in total. The molecule has 52 heavy (non-hydrogen) atoms. The number of carbonyl (C=O) groups excluding carboxylic acids is 1. The van der Waals surface area contributed by atoms with E-state index in [1.807, 2.05) is 41.2 Å². The van der Waals surface area contributed by atoms with Gasteiger partial charge in [0.1, 0.15) is 0 Å². The first-order valence-electron chi connectivity index (χ1n) is 20.3. The first kappa shape index (κ1) is 39.1. The summed E-state index contributed by atoms with van der Waals surface area (Å²) < 4.78 is 2.26. The molecule has 1 saturated heterocycles. The fourth-order valence-electron chi connectivity index (χ4n) is 13.0. The molecule has 5 aliphatic carbocycles. The minimum atomic E-state index is -1.21. The number of aliphatic hydroxyl groups excluding tert-OH is 3. The average molecular weight is 756 g/mol. The zero-order valence-corrected chi connectivity index (χ0v) is 34.0. The van der Waals surface area contributed by atoms with Crippen LogP contribution in [0.2, 0.25) is 0 Å². The second kappa shape index (κ2) is 14.7. The molecular weight excluding hydrogens is 691 g/mol. The maximum atomic E-state index is 14.4. The van der Waals surface area contributed by atoms with Crippen LogP contribution in [0.1, 0.15) is 111 Å². The van der Waals surface area contributed by atoms with Crippen molar-refractivity contribution in [1.29, 1.82) is 0 Å². The Labute approximate surface area is 319 Å². The zero-order valence-electron chi connectivity index (χ0n) is 32.4. The summed E-state index contributed by atoms with van der Waals surface area (Å²) in [7, 11) is 5.57. The van der Waals surface area contributed by atoms with Crippen molar-refractivity contribution >= 4 is 27.4 Å². The Kier molecular flexibility index (Phi) is 11.1. The quantitative estimate of drug-likeness (QED) is 0.168. The summed E-state index contributed by atoms with van der Waals surface area (Å²) in [5, 5.41) is 51.6. The minimum Gasteiger partial charge on any atom is -0.393 e. The Morgan fingerprint density at radius 1 is 1.02 bits per heavy atom. The second-order valence-corrected chi connectivity index (χ2v) is 21.4. The lowest BCUT2D eigenvalue weighted by atomic mass is 9.44. The molecule has 5 N–H and O–H groups in total. The van der Waals surface area contributed by atoms with Crippen LogP contribution in [0.25, 0.3) is 0 Å². The summed E-state index contributed by atoms with van der Waals surface area (Å²) in [4.78, 5) is 18.8. The lowest BCUT2D eigenvalue weighted by molar-refractivity contribution is -0.172. The number of fused-ring (bicyclic) bond motifs is 9. The molecule has 0 unspecified atom stereocenters. The van der Waals surface area contributed by atoms with E-state index in [0.717, 1.165) is 55.6 Å². The van der Waals surface area contributed by atoms with Gasteiger partial charge in [-0.1, -0.05) is 73.8 Å². The number of hydrogen-bond acceptors (Lipinski definition) is 9. The summed E-state index contributed by atoms with van der Waals surface area (Å²) in [5.41, 5.74) is 1.47. The molecule has 0 spiro atoms. The van der Waals surface area contributed by atoms with Gasteiger partial charge in [0, 0.05) is 59.7 Å². The third-order valence-electron chi connectivity index (χ3n) is 15.7. The molecule has 290 valence electrons. The topological polar surface area (TPSA) is 128 Å². The molecule has 1 aliphatic heterocycles.